The lowest BCUT2D eigenvalue weighted by Crippen LogP contribution is -2.62. The van der Waals surface area contributed by atoms with Gasteiger partial charge in [-0.25, -0.2) is 4.79 Å². The Balaban J connectivity index is 2.29. The first-order chi connectivity index (χ1) is 7.15. The predicted octanol–water partition coefficient (Wildman–Crippen LogP) is 0.208. The van der Waals surface area contributed by atoms with Crippen molar-refractivity contribution in [2.75, 3.05) is 20.3 Å². The summed E-state index contributed by atoms with van der Waals surface area (Å²) in [5.74, 6) is -1.83. The van der Waals surface area contributed by atoms with E-state index in [9.17, 15) is 9.90 Å². The molecule has 1 unspecified atom stereocenters. The van der Waals surface area contributed by atoms with Crippen LogP contribution in [0.3, 0.4) is 0 Å². The summed E-state index contributed by atoms with van der Waals surface area (Å²) >= 11 is 0. The maximum Gasteiger partial charge on any atom is 0.343 e. The fraction of sp³-hybridized carbons (Fsp3) is 0.900. The third-order valence-electron chi connectivity index (χ3n) is 3.20. The summed E-state index contributed by atoms with van der Waals surface area (Å²) in [7, 11) is 1.26. The number of esters is 1. The number of hydrogen-bond acceptors (Lipinski definition) is 5. The monoisotopic (exact) mass is 216 g/mol. The minimum atomic E-state index is -1.64. The molecule has 0 aromatic heterocycles. The van der Waals surface area contributed by atoms with E-state index < -0.39 is 17.4 Å². The van der Waals surface area contributed by atoms with Crippen molar-refractivity contribution in [2.45, 2.75) is 37.1 Å². The van der Waals surface area contributed by atoms with Gasteiger partial charge >= 0.3 is 5.97 Å². The summed E-state index contributed by atoms with van der Waals surface area (Å²) in [5.41, 5.74) is -1.64. The molecule has 86 valence electrons. The van der Waals surface area contributed by atoms with E-state index in [1.807, 2.05) is 0 Å². The Labute approximate surface area is 88.3 Å². The van der Waals surface area contributed by atoms with Crippen LogP contribution in [-0.4, -0.2) is 42.8 Å². The highest BCUT2D eigenvalue weighted by atomic mass is 16.8. The highest BCUT2D eigenvalue weighted by Crippen LogP contribution is 2.43. The van der Waals surface area contributed by atoms with Gasteiger partial charge in [-0.3, -0.25) is 0 Å². The van der Waals surface area contributed by atoms with Gasteiger partial charge in [0.05, 0.1) is 20.3 Å². The maximum atomic E-state index is 11.6. The van der Waals surface area contributed by atoms with Crippen LogP contribution in [0.15, 0.2) is 0 Å². The minimum Gasteiger partial charge on any atom is -0.467 e. The third-order valence-corrected chi connectivity index (χ3v) is 3.20. The van der Waals surface area contributed by atoms with Crippen LogP contribution >= 0.6 is 0 Å². The van der Waals surface area contributed by atoms with Gasteiger partial charge in [0.15, 0.2) is 0 Å². The minimum absolute atomic E-state index is 0.333. The molecule has 15 heavy (non-hydrogen) atoms. The molecule has 2 rings (SSSR count). The maximum absolute atomic E-state index is 11.6. The van der Waals surface area contributed by atoms with Gasteiger partial charge in [-0.05, 0) is 19.3 Å². The fourth-order valence-electron chi connectivity index (χ4n) is 2.40. The van der Waals surface area contributed by atoms with Crippen LogP contribution < -0.4 is 0 Å². The Morgan fingerprint density at radius 1 is 1.27 bits per heavy atom. The molecule has 0 amide bonds. The van der Waals surface area contributed by atoms with Crippen LogP contribution in [0, 0.1) is 0 Å². The second-order valence-electron chi connectivity index (χ2n) is 4.01. The lowest BCUT2D eigenvalue weighted by atomic mass is 9.79. The van der Waals surface area contributed by atoms with Gasteiger partial charge in [0.2, 0.25) is 11.4 Å². The van der Waals surface area contributed by atoms with Gasteiger partial charge in [-0.15, -0.1) is 0 Å². The standard InChI is InChI=1S/C10H16O5/c1-13-8(11)9(12)4-2-3-5-10(9)14-6-7-15-10/h12H,2-7H2,1H3. The number of methoxy groups -OCH3 is 1. The lowest BCUT2D eigenvalue weighted by Gasteiger charge is -2.43. The van der Waals surface area contributed by atoms with Gasteiger partial charge in [0, 0.05) is 6.42 Å². The Kier molecular flexibility index (Phi) is 2.70. The van der Waals surface area contributed by atoms with Crippen LogP contribution in [0.2, 0.25) is 0 Å². The quantitative estimate of drug-likeness (QED) is 0.635. The van der Waals surface area contributed by atoms with E-state index in [0.29, 0.717) is 26.1 Å². The van der Waals surface area contributed by atoms with E-state index in [2.05, 4.69) is 4.74 Å². The molecular formula is C10H16O5. The highest BCUT2D eigenvalue weighted by Gasteiger charge is 2.61. The van der Waals surface area contributed by atoms with Crippen molar-refractivity contribution in [3.63, 3.8) is 0 Å². The van der Waals surface area contributed by atoms with Gasteiger partial charge in [-0.1, -0.05) is 0 Å². The van der Waals surface area contributed by atoms with Crippen LogP contribution in [0.25, 0.3) is 0 Å². The molecule has 2 fully saturated rings. The molecular weight excluding hydrogens is 200 g/mol. The first-order valence-corrected chi connectivity index (χ1v) is 5.23. The zero-order valence-corrected chi connectivity index (χ0v) is 8.82. The van der Waals surface area contributed by atoms with E-state index in [-0.39, 0.29) is 0 Å². The van der Waals surface area contributed by atoms with Gasteiger partial charge < -0.3 is 19.3 Å². The van der Waals surface area contributed by atoms with E-state index in [0.717, 1.165) is 12.8 Å². The zero-order chi connectivity index (χ0) is 10.9. The molecule has 1 saturated heterocycles. The van der Waals surface area contributed by atoms with E-state index in [1.165, 1.54) is 7.11 Å². The van der Waals surface area contributed by atoms with Crippen molar-refractivity contribution in [3.8, 4) is 0 Å². The summed E-state index contributed by atoms with van der Waals surface area (Å²) in [4.78, 5) is 11.6. The first kappa shape index (κ1) is 10.9. The summed E-state index contributed by atoms with van der Waals surface area (Å²) in [6.07, 6.45) is 2.54. The van der Waals surface area contributed by atoms with Crippen molar-refractivity contribution >= 4 is 5.97 Å². The third kappa shape index (κ3) is 1.46. The lowest BCUT2D eigenvalue weighted by molar-refractivity contribution is -0.283. The molecule has 1 atom stereocenters. The molecule has 1 aliphatic heterocycles. The molecule has 0 aromatic rings. The second kappa shape index (κ2) is 3.73. The van der Waals surface area contributed by atoms with E-state index in [4.69, 9.17) is 9.47 Å². The Morgan fingerprint density at radius 3 is 2.47 bits per heavy atom. The molecule has 1 spiro atoms. The molecule has 0 radical (unpaired) electrons. The topological polar surface area (TPSA) is 65.0 Å². The molecule has 1 heterocycles. The van der Waals surface area contributed by atoms with Gasteiger partial charge in [0.25, 0.3) is 0 Å². The van der Waals surface area contributed by atoms with Crippen LogP contribution in [-0.2, 0) is 19.0 Å². The number of aliphatic hydroxyl groups is 1. The zero-order valence-electron chi connectivity index (χ0n) is 8.82. The number of carbonyl (C=O) groups is 1. The van der Waals surface area contributed by atoms with Gasteiger partial charge in [-0.2, -0.15) is 0 Å². The molecule has 1 N–H and O–H groups in total. The van der Waals surface area contributed by atoms with E-state index in [1.54, 1.807) is 0 Å². The highest BCUT2D eigenvalue weighted by molar-refractivity contribution is 5.80. The molecule has 2 aliphatic rings. The number of hydrogen-bond donors (Lipinski definition) is 1. The van der Waals surface area contributed by atoms with Crippen molar-refractivity contribution < 1.29 is 24.1 Å². The summed E-state index contributed by atoms with van der Waals surface area (Å²) < 4.78 is 15.5. The number of ether oxygens (including phenoxy) is 3. The first-order valence-electron chi connectivity index (χ1n) is 5.23. The normalized spacial score (nSPS) is 34.3. The molecule has 5 nitrogen and oxygen atoms in total. The van der Waals surface area contributed by atoms with Gasteiger partial charge in [0.1, 0.15) is 0 Å². The van der Waals surface area contributed by atoms with Crippen molar-refractivity contribution in [1.29, 1.82) is 0 Å². The largest absolute Gasteiger partial charge is 0.467 e. The Hall–Kier alpha value is -0.650. The van der Waals surface area contributed by atoms with Crippen LogP contribution in [0.5, 0.6) is 0 Å². The molecule has 1 aliphatic carbocycles. The molecule has 0 bridgehead atoms. The van der Waals surface area contributed by atoms with Crippen molar-refractivity contribution in [1.82, 2.24) is 0 Å². The fourth-order valence-corrected chi connectivity index (χ4v) is 2.40. The second-order valence-corrected chi connectivity index (χ2v) is 4.01. The SMILES string of the molecule is COC(=O)C1(O)CCCCC12OCCO2. The number of rotatable bonds is 1. The summed E-state index contributed by atoms with van der Waals surface area (Å²) in [6.45, 7) is 0.832. The smallest absolute Gasteiger partial charge is 0.343 e. The average Bonchev–Trinajstić information content (AvgIpc) is 2.71. The molecule has 5 heteroatoms. The van der Waals surface area contributed by atoms with Crippen molar-refractivity contribution in [3.05, 3.63) is 0 Å². The predicted molar refractivity (Wildman–Crippen MR) is 50.1 cm³/mol. The van der Waals surface area contributed by atoms with Crippen LogP contribution in [0.1, 0.15) is 25.7 Å². The number of carbonyl (C=O) groups excluding carboxylic acids is 1. The molecule has 0 aromatic carbocycles. The summed E-state index contributed by atoms with van der Waals surface area (Å²) in [6, 6.07) is 0. The Bertz CT molecular complexity index is 259. The van der Waals surface area contributed by atoms with E-state index >= 15 is 0 Å². The summed E-state index contributed by atoms with van der Waals surface area (Å²) in [5, 5.41) is 10.4. The molecule has 1 saturated carbocycles. The average molecular weight is 216 g/mol. The van der Waals surface area contributed by atoms with Crippen LogP contribution in [0.4, 0.5) is 0 Å². The Morgan fingerprint density at radius 2 is 1.87 bits per heavy atom. The van der Waals surface area contributed by atoms with Crippen molar-refractivity contribution in [2.24, 2.45) is 0 Å².